The molecule has 194 valence electrons. The molecule has 1 aromatic carbocycles. The summed E-state index contributed by atoms with van der Waals surface area (Å²) in [6.45, 7) is 0.498. The molecule has 1 unspecified atom stereocenters. The van der Waals surface area contributed by atoms with E-state index >= 15 is 0 Å². The average molecular weight is 515 g/mol. The molecule has 1 amide bonds. The standard InChI is InChI=1S/C33H30N4O2/c38-32(36-20-17-26-9-4-5-18-34-26)25-15-16-29-28(21-25)30(31(37-29)27-10-6-19-35-33(27)39)24-13-11-23(12-14-24)22-7-2-1-3-8-22/h2,4-11,13-16,18-19,21,23,37H,1,3,12,17,20H2,(H,35,39)(H,36,38). The van der Waals surface area contributed by atoms with Crippen molar-refractivity contribution in [3.05, 3.63) is 130 Å². The molecule has 6 heteroatoms. The summed E-state index contributed by atoms with van der Waals surface area (Å²) in [6, 6.07) is 15.1. The molecule has 0 spiro atoms. The predicted molar refractivity (Wildman–Crippen MR) is 156 cm³/mol. The van der Waals surface area contributed by atoms with Gasteiger partial charge >= 0.3 is 0 Å². The lowest BCUT2D eigenvalue weighted by Gasteiger charge is -2.20. The third-order valence-corrected chi connectivity index (χ3v) is 7.38. The van der Waals surface area contributed by atoms with E-state index in [2.05, 4.69) is 56.7 Å². The minimum absolute atomic E-state index is 0.136. The van der Waals surface area contributed by atoms with Gasteiger partial charge in [0, 0.05) is 59.0 Å². The maximum atomic E-state index is 13.1. The molecule has 0 saturated heterocycles. The van der Waals surface area contributed by atoms with Gasteiger partial charge in [0.15, 0.2) is 0 Å². The first-order chi connectivity index (χ1) is 19.2. The van der Waals surface area contributed by atoms with Crippen LogP contribution in [0.4, 0.5) is 0 Å². The highest BCUT2D eigenvalue weighted by Crippen LogP contribution is 2.38. The molecule has 2 aliphatic carbocycles. The number of hydrogen-bond acceptors (Lipinski definition) is 3. The van der Waals surface area contributed by atoms with E-state index in [0.29, 0.717) is 30.0 Å². The number of allylic oxidation sites excluding steroid dienone is 8. The number of pyridine rings is 2. The van der Waals surface area contributed by atoms with E-state index in [9.17, 15) is 9.59 Å². The normalized spacial score (nSPS) is 16.7. The number of H-pyrrole nitrogens is 2. The summed E-state index contributed by atoms with van der Waals surface area (Å²) in [7, 11) is 0. The van der Waals surface area contributed by atoms with Crippen LogP contribution in [0.15, 0.2) is 108 Å². The van der Waals surface area contributed by atoms with Gasteiger partial charge in [-0.05, 0) is 72.9 Å². The first-order valence-corrected chi connectivity index (χ1v) is 13.4. The molecule has 6 rings (SSSR count). The highest BCUT2D eigenvalue weighted by molar-refractivity contribution is 6.06. The summed E-state index contributed by atoms with van der Waals surface area (Å²) in [5.74, 6) is 0.211. The van der Waals surface area contributed by atoms with Crippen LogP contribution in [0, 0.1) is 5.92 Å². The highest BCUT2D eigenvalue weighted by Gasteiger charge is 2.22. The van der Waals surface area contributed by atoms with Gasteiger partial charge in [0.1, 0.15) is 0 Å². The number of rotatable bonds is 7. The Hall–Kier alpha value is -4.71. The number of benzene rings is 1. The van der Waals surface area contributed by atoms with Gasteiger partial charge < -0.3 is 15.3 Å². The smallest absolute Gasteiger partial charge is 0.257 e. The Bertz CT molecular complexity index is 1700. The van der Waals surface area contributed by atoms with Crippen molar-refractivity contribution < 1.29 is 4.79 Å². The van der Waals surface area contributed by atoms with Crippen molar-refractivity contribution in [1.29, 1.82) is 0 Å². The molecule has 1 atom stereocenters. The van der Waals surface area contributed by atoms with E-state index in [0.717, 1.165) is 52.7 Å². The van der Waals surface area contributed by atoms with Gasteiger partial charge in [-0.2, -0.15) is 0 Å². The van der Waals surface area contributed by atoms with E-state index in [1.54, 1.807) is 12.4 Å². The molecule has 4 aromatic rings. The van der Waals surface area contributed by atoms with Crippen molar-refractivity contribution in [3.8, 4) is 11.3 Å². The van der Waals surface area contributed by atoms with Crippen molar-refractivity contribution in [2.75, 3.05) is 6.54 Å². The van der Waals surface area contributed by atoms with Crippen LogP contribution in [0.1, 0.15) is 40.9 Å². The molecule has 6 nitrogen and oxygen atoms in total. The van der Waals surface area contributed by atoms with E-state index < -0.39 is 0 Å². The molecule has 3 heterocycles. The number of carbonyl (C=O) groups is 1. The van der Waals surface area contributed by atoms with Crippen LogP contribution < -0.4 is 10.9 Å². The highest BCUT2D eigenvalue weighted by atomic mass is 16.1. The molecule has 3 aromatic heterocycles. The van der Waals surface area contributed by atoms with Crippen molar-refractivity contribution >= 4 is 22.4 Å². The minimum atomic E-state index is -0.159. The van der Waals surface area contributed by atoms with Gasteiger partial charge in [-0.3, -0.25) is 14.6 Å². The van der Waals surface area contributed by atoms with Crippen LogP contribution in [-0.2, 0) is 6.42 Å². The quantitative estimate of drug-likeness (QED) is 0.277. The maximum absolute atomic E-state index is 13.1. The van der Waals surface area contributed by atoms with E-state index in [4.69, 9.17) is 0 Å². The van der Waals surface area contributed by atoms with E-state index in [1.165, 1.54) is 5.57 Å². The zero-order valence-electron chi connectivity index (χ0n) is 21.6. The number of aromatic nitrogens is 3. The van der Waals surface area contributed by atoms with Crippen LogP contribution in [0.2, 0.25) is 0 Å². The number of hydrogen-bond donors (Lipinski definition) is 3. The fourth-order valence-electron chi connectivity index (χ4n) is 5.37. The summed E-state index contributed by atoms with van der Waals surface area (Å²) in [5, 5.41) is 3.93. The first kappa shape index (κ1) is 24.6. The molecule has 2 aliphatic rings. The van der Waals surface area contributed by atoms with Gasteiger partial charge in [-0.25, -0.2) is 0 Å². The van der Waals surface area contributed by atoms with Crippen molar-refractivity contribution in [2.45, 2.75) is 25.7 Å². The second-order valence-electron chi connectivity index (χ2n) is 9.92. The summed E-state index contributed by atoms with van der Waals surface area (Å²) in [6.07, 6.45) is 20.6. The van der Waals surface area contributed by atoms with Gasteiger partial charge in [-0.15, -0.1) is 0 Å². The van der Waals surface area contributed by atoms with Crippen LogP contribution in [-0.4, -0.2) is 27.4 Å². The summed E-state index contributed by atoms with van der Waals surface area (Å²) in [5.41, 5.74) is 6.90. The molecule has 3 N–H and O–H groups in total. The molecular weight excluding hydrogens is 484 g/mol. The zero-order chi connectivity index (χ0) is 26.6. The zero-order valence-corrected chi connectivity index (χ0v) is 21.6. The molecular formula is C33H30N4O2. The van der Waals surface area contributed by atoms with Gasteiger partial charge in [0.05, 0.1) is 11.3 Å². The van der Waals surface area contributed by atoms with E-state index in [1.807, 2.05) is 48.5 Å². The van der Waals surface area contributed by atoms with Crippen molar-refractivity contribution in [1.82, 2.24) is 20.3 Å². The molecule has 0 bridgehead atoms. The fraction of sp³-hybridized carbons (Fsp3) is 0.182. The maximum Gasteiger partial charge on any atom is 0.257 e. The Morgan fingerprint density at radius 3 is 2.77 bits per heavy atom. The predicted octanol–water partition coefficient (Wildman–Crippen LogP) is 6.13. The second kappa shape index (κ2) is 11.0. The average Bonchev–Trinajstić information content (AvgIpc) is 3.37. The Morgan fingerprint density at radius 1 is 1.05 bits per heavy atom. The SMILES string of the molecule is O=C(NCCc1ccccn1)c1ccc2[nH]c(-c3ccc[nH]c3=O)c(C3=CCC(C4=CCCC=C4)C=C3)c2c1. The lowest BCUT2D eigenvalue weighted by atomic mass is 9.85. The topological polar surface area (TPSA) is 90.6 Å². The lowest BCUT2D eigenvalue weighted by molar-refractivity contribution is 0.0954. The van der Waals surface area contributed by atoms with Gasteiger partial charge in [0.2, 0.25) is 0 Å². The summed E-state index contributed by atoms with van der Waals surface area (Å²) < 4.78 is 0. The van der Waals surface area contributed by atoms with Crippen LogP contribution >= 0.6 is 0 Å². The molecule has 0 radical (unpaired) electrons. The summed E-state index contributed by atoms with van der Waals surface area (Å²) >= 11 is 0. The number of nitrogens with zero attached hydrogens (tertiary/aromatic N) is 1. The Morgan fingerprint density at radius 2 is 2.00 bits per heavy atom. The number of nitrogens with one attached hydrogen (secondary N) is 3. The first-order valence-electron chi connectivity index (χ1n) is 13.4. The van der Waals surface area contributed by atoms with Gasteiger partial charge in [0.25, 0.3) is 11.5 Å². The summed E-state index contributed by atoms with van der Waals surface area (Å²) in [4.78, 5) is 36.5. The Labute approximate surface area is 226 Å². The lowest BCUT2D eigenvalue weighted by Crippen LogP contribution is -2.25. The third-order valence-electron chi connectivity index (χ3n) is 7.38. The number of amides is 1. The molecule has 39 heavy (non-hydrogen) atoms. The fourth-order valence-corrected chi connectivity index (χ4v) is 5.37. The third kappa shape index (κ3) is 5.18. The Kier molecular flexibility index (Phi) is 6.91. The molecule has 0 fully saturated rings. The molecule has 0 saturated carbocycles. The number of aromatic amines is 2. The van der Waals surface area contributed by atoms with Gasteiger partial charge in [-0.1, -0.05) is 42.5 Å². The second-order valence-corrected chi connectivity index (χ2v) is 9.92. The van der Waals surface area contributed by atoms with Crippen LogP contribution in [0.5, 0.6) is 0 Å². The van der Waals surface area contributed by atoms with Crippen LogP contribution in [0.25, 0.3) is 27.7 Å². The van der Waals surface area contributed by atoms with Crippen molar-refractivity contribution in [3.63, 3.8) is 0 Å². The number of fused-ring (bicyclic) bond motifs is 1. The van der Waals surface area contributed by atoms with Crippen molar-refractivity contribution in [2.24, 2.45) is 5.92 Å². The monoisotopic (exact) mass is 514 g/mol. The minimum Gasteiger partial charge on any atom is -0.354 e. The number of carbonyl (C=O) groups excluding carboxylic acids is 1. The molecule has 0 aliphatic heterocycles. The largest absolute Gasteiger partial charge is 0.354 e. The Balaban J connectivity index is 1.34. The van der Waals surface area contributed by atoms with E-state index in [-0.39, 0.29) is 11.5 Å². The van der Waals surface area contributed by atoms with Crippen LogP contribution in [0.3, 0.4) is 0 Å².